The smallest absolute Gasteiger partial charge is 0.434 e. The van der Waals surface area contributed by atoms with E-state index in [1.807, 2.05) is 0 Å². The number of nitrogens with zero attached hydrogens (tertiary/aromatic N) is 1. The summed E-state index contributed by atoms with van der Waals surface area (Å²) in [6.07, 6.45) is -2.22. The first-order valence-electron chi connectivity index (χ1n) is 10.9. The van der Waals surface area contributed by atoms with Crippen LogP contribution < -0.4 is 4.74 Å². The third-order valence-electron chi connectivity index (χ3n) is 5.89. The quantitative estimate of drug-likeness (QED) is 0.183. The van der Waals surface area contributed by atoms with E-state index < -0.39 is 47.5 Å². The van der Waals surface area contributed by atoms with Gasteiger partial charge in [0.2, 0.25) is 0 Å². The molecule has 0 amide bonds. The molecule has 0 fully saturated rings. The molecule has 0 bridgehead atoms. The highest BCUT2D eigenvalue weighted by atomic mass is 35.5. The van der Waals surface area contributed by atoms with Crippen LogP contribution in [0.5, 0.6) is 5.75 Å². The summed E-state index contributed by atoms with van der Waals surface area (Å²) in [5, 5.41) is 0.334. The molecule has 1 heterocycles. The van der Waals surface area contributed by atoms with Crippen molar-refractivity contribution in [2.24, 2.45) is 0 Å². The number of ether oxygens (including phenoxy) is 2. The van der Waals surface area contributed by atoms with Gasteiger partial charge in [0.1, 0.15) is 12.4 Å². The summed E-state index contributed by atoms with van der Waals surface area (Å²) >= 11 is 6.20. The third kappa shape index (κ3) is 5.44. The average Bonchev–Trinajstić information content (AvgIpc) is 3.36. The van der Waals surface area contributed by atoms with Crippen LogP contribution in [0.15, 0.2) is 42.6 Å². The number of alkyl halides is 3. The molecule has 2 aromatic carbocycles. The Kier molecular flexibility index (Phi) is 7.49. The van der Waals surface area contributed by atoms with Crippen LogP contribution in [0.4, 0.5) is 26.3 Å². The number of carbonyl (C=O) groups excluding carboxylic acids is 1. The third-order valence-corrected chi connectivity index (χ3v) is 6.13. The predicted octanol–water partition coefficient (Wildman–Crippen LogP) is 7.63. The van der Waals surface area contributed by atoms with E-state index in [4.69, 9.17) is 16.3 Å². The molecular formula is C26H18ClF6NO3. The molecule has 0 aliphatic heterocycles. The Morgan fingerprint density at radius 2 is 1.76 bits per heavy atom. The number of aromatic nitrogens is 1. The molecule has 0 atom stereocenters. The number of rotatable bonds is 6. The standard InChI is InChI=1S/C26H18ClF6NO3/c1-36-25(35)19-9-14(11-34-24(19)26(31,32)33)16-3-2-4-17(16)18-10-15(27)6-8-21(18)37-12-13-5-7-20(28)23(30)22(13)29/h5-11H,2-4,12H2,1H3. The molecule has 4 rings (SSSR count). The number of allylic oxidation sites excluding steroid dienone is 2. The van der Waals surface area contributed by atoms with Crippen LogP contribution in [0.2, 0.25) is 5.02 Å². The summed E-state index contributed by atoms with van der Waals surface area (Å²) in [5.41, 5.74) is -0.208. The summed E-state index contributed by atoms with van der Waals surface area (Å²) < 4.78 is 91.5. The maximum atomic E-state index is 14.1. The van der Waals surface area contributed by atoms with E-state index >= 15 is 0 Å². The van der Waals surface area contributed by atoms with Gasteiger partial charge in [-0.15, -0.1) is 0 Å². The molecule has 194 valence electrons. The van der Waals surface area contributed by atoms with Crippen LogP contribution in [-0.4, -0.2) is 18.1 Å². The van der Waals surface area contributed by atoms with Gasteiger partial charge in [-0.1, -0.05) is 11.6 Å². The van der Waals surface area contributed by atoms with E-state index in [2.05, 4.69) is 9.72 Å². The largest absolute Gasteiger partial charge is 0.488 e. The van der Waals surface area contributed by atoms with Crippen LogP contribution in [0.3, 0.4) is 0 Å². The van der Waals surface area contributed by atoms with Crippen LogP contribution in [-0.2, 0) is 17.5 Å². The Morgan fingerprint density at radius 1 is 1.03 bits per heavy atom. The second kappa shape index (κ2) is 10.5. The summed E-state index contributed by atoms with van der Waals surface area (Å²) in [6, 6.07) is 7.55. The fourth-order valence-electron chi connectivity index (χ4n) is 4.18. The van der Waals surface area contributed by atoms with E-state index in [-0.39, 0.29) is 11.3 Å². The second-order valence-corrected chi connectivity index (χ2v) is 8.62. The van der Waals surface area contributed by atoms with Gasteiger partial charge in [-0.05, 0) is 72.4 Å². The van der Waals surface area contributed by atoms with E-state index in [0.29, 0.717) is 46.6 Å². The van der Waals surface area contributed by atoms with Crippen molar-refractivity contribution < 1.29 is 40.6 Å². The van der Waals surface area contributed by atoms with Gasteiger partial charge >= 0.3 is 12.1 Å². The molecule has 0 radical (unpaired) electrons. The van der Waals surface area contributed by atoms with Crippen molar-refractivity contribution in [3.63, 3.8) is 0 Å². The molecule has 37 heavy (non-hydrogen) atoms. The zero-order chi connectivity index (χ0) is 26.9. The Balaban J connectivity index is 1.76. The number of hydrogen-bond donors (Lipinski definition) is 0. The van der Waals surface area contributed by atoms with E-state index in [1.54, 1.807) is 6.07 Å². The van der Waals surface area contributed by atoms with Gasteiger partial charge in [0, 0.05) is 22.3 Å². The van der Waals surface area contributed by atoms with Crippen molar-refractivity contribution in [3.05, 3.63) is 93.0 Å². The highest BCUT2D eigenvalue weighted by Crippen LogP contribution is 2.44. The van der Waals surface area contributed by atoms with Gasteiger partial charge in [0.25, 0.3) is 0 Å². The molecule has 0 saturated carbocycles. The molecule has 0 saturated heterocycles. The van der Waals surface area contributed by atoms with Crippen LogP contribution >= 0.6 is 11.6 Å². The minimum absolute atomic E-state index is 0.213. The Bertz CT molecular complexity index is 1400. The highest BCUT2D eigenvalue weighted by molar-refractivity contribution is 6.30. The number of esters is 1. The normalized spacial score (nSPS) is 13.7. The molecule has 4 nitrogen and oxygen atoms in total. The van der Waals surface area contributed by atoms with E-state index in [9.17, 15) is 31.1 Å². The highest BCUT2D eigenvalue weighted by Gasteiger charge is 2.38. The lowest BCUT2D eigenvalue weighted by Gasteiger charge is -2.16. The number of hydrogen-bond acceptors (Lipinski definition) is 4. The minimum atomic E-state index is -4.86. The summed E-state index contributed by atoms with van der Waals surface area (Å²) in [6.45, 7) is -0.422. The number of pyridine rings is 1. The monoisotopic (exact) mass is 541 g/mol. The molecule has 0 spiro atoms. The summed E-state index contributed by atoms with van der Waals surface area (Å²) in [7, 11) is 0.973. The first kappa shape index (κ1) is 26.5. The van der Waals surface area contributed by atoms with Gasteiger partial charge in [0.15, 0.2) is 23.1 Å². The van der Waals surface area contributed by atoms with Gasteiger partial charge in [0.05, 0.1) is 12.7 Å². The second-order valence-electron chi connectivity index (χ2n) is 8.18. The van der Waals surface area contributed by atoms with Crippen LogP contribution in [0, 0.1) is 17.5 Å². The average molecular weight is 542 g/mol. The minimum Gasteiger partial charge on any atom is -0.488 e. The van der Waals surface area contributed by atoms with Crippen LogP contribution in [0.1, 0.15) is 52.0 Å². The maximum absolute atomic E-state index is 14.1. The van der Waals surface area contributed by atoms with Crippen molar-refractivity contribution >= 4 is 28.7 Å². The lowest BCUT2D eigenvalue weighted by molar-refractivity contribution is -0.141. The lowest BCUT2D eigenvalue weighted by Crippen LogP contribution is -2.17. The summed E-state index contributed by atoms with van der Waals surface area (Å²) in [5.74, 6) is -5.25. The molecule has 1 aromatic heterocycles. The van der Waals surface area contributed by atoms with E-state index in [1.165, 1.54) is 12.1 Å². The molecule has 1 aliphatic carbocycles. The van der Waals surface area contributed by atoms with Gasteiger partial charge < -0.3 is 9.47 Å². The predicted molar refractivity (Wildman–Crippen MR) is 123 cm³/mol. The number of benzene rings is 2. The topological polar surface area (TPSA) is 48.4 Å². The molecule has 11 heteroatoms. The Morgan fingerprint density at radius 3 is 2.46 bits per heavy atom. The van der Waals surface area contributed by atoms with Crippen molar-refractivity contribution in [2.45, 2.75) is 32.0 Å². The number of carbonyl (C=O) groups is 1. The Hall–Kier alpha value is -3.53. The maximum Gasteiger partial charge on any atom is 0.434 e. The van der Waals surface area contributed by atoms with Crippen molar-refractivity contribution in [1.82, 2.24) is 4.98 Å². The molecule has 3 aromatic rings. The van der Waals surface area contributed by atoms with Crippen LogP contribution in [0.25, 0.3) is 11.1 Å². The van der Waals surface area contributed by atoms with Gasteiger partial charge in [-0.25, -0.2) is 18.0 Å². The van der Waals surface area contributed by atoms with Gasteiger partial charge in [-0.2, -0.15) is 13.2 Å². The molecule has 1 aliphatic rings. The summed E-state index contributed by atoms with van der Waals surface area (Å²) in [4.78, 5) is 15.6. The first-order valence-corrected chi connectivity index (χ1v) is 11.3. The zero-order valence-corrected chi connectivity index (χ0v) is 19.9. The Labute approximate surface area is 212 Å². The zero-order valence-electron chi connectivity index (χ0n) is 19.2. The number of halogens is 7. The molecular weight excluding hydrogens is 524 g/mol. The van der Waals surface area contributed by atoms with Crippen molar-refractivity contribution in [1.29, 1.82) is 0 Å². The van der Waals surface area contributed by atoms with E-state index in [0.717, 1.165) is 31.5 Å². The van der Waals surface area contributed by atoms with Crippen molar-refractivity contribution in [2.75, 3.05) is 7.11 Å². The van der Waals surface area contributed by atoms with Gasteiger partial charge in [-0.3, -0.25) is 4.98 Å². The lowest BCUT2D eigenvalue weighted by atomic mass is 9.96. The molecule has 0 unspecified atom stereocenters. The van der Waals surface area contributed by atoms with Crippen molar-refractivity contribution in [3.8, 4) is 5.75 Å². The number of methoxy groups -OCH3 is 1. The first-order chi connectivity index (χ1) is 17.5. The fraction of sp³-hybridized carbons (Fsp3) is 0.231. The fourth-order valence-corrected chi connectivity index (χ4v) is 4.35. The SMILES string of the molecule is COC(=O)c1cc(C2=C(c3cc(Cl)ccc3OCc3ccc(F)c(F)c3F)CCC2)cnc1C(F)(F)F. The molecule has 0 N–H and O–H groups in total.